The predicted octanol–water partition coefficient (Wildman–Crippen LogP) is 2.66. The van der Waals surface area contributed by atoms with E-state index in [9.17, 15) is 4.79 Å². The van der Waals surface area contributed by atoms with Crippen LogP contribution in [0.4, 0.5) is 11.6 Å². The number of methoxy groups -OCH3 is 2. The van der Waals surface area contributed by atoms with Crippen molar-refractivity contribution in [2.45, 2.75) is 19.8 Å². The number of ether oxygens (including phenoxy) is 2. The van der Waals surface area contributed by atoms with Crippen molar-refractivity contribution in [3.63, 3.8) is 0 Å². The Morgan fingerprint density at radius 3 is 2.62 bits per heavy atom. The van der Waals surface area contributed by atoms with E-state index >= 15 is 0 Å². The third-order valence-corrected chi connectivity index (χ3v) is 4.60. The van der Waals surface area contributed by atoms with E-state index in [0.717, 1.165) is 37.6 Å². The molecule has 2 aromatic rings. The molecule has 26 heavy (non-hydrogen) atoms. The van der Waals surface area contributed by atoms with Crippen molar-refractivity contribution >= 4 is 17.5 Å². The minimum Gasteiger partial charge on any atom is -0.497 e. The number of aromatic nitrogens is 2. The van der Waals surface area contributed by atoms with Gasteiger partial charge in [-0.1, -0.05) is 0 Å². The molecule has 1 aliphatic heterocycles. The Morgan fingerprint density at radius 2 is 1.96 bits per heavy atom. The summed E-state index contributed by atoms with van der Waals surface area (Å²) in [7, 11) is 3.17. The number of piperidine rings is 1. The molecule has 3 rings (SSSR count). The maximum atomic E-state index is 12.6. The highest BCUT2D eigenvalue weighted by molar-refractivity contribution is 5.94. The molecule has 0 saturated carbocycles. The molecule has 1 amide bonds. The second kappa shape index (κ2) is 8.03. The van der Waals surface area contributed by atoms with Gasteiger partial charge in [0.15, 0.2) is 0 Å². The summed E-state index contributed by atoms with van der Waals surface area (Å²) in [6.45, 7) is 3.48. The Morgan fingerprint density at radius 1 is 1.19 bits per heavy atom. The molecule has 7 nitrogen and oxygen atoms in total. The molecule has 0 atom stereocenters. The highest BCUT2D eigenvalue weighted by Crippen LogP contribution is 2.30. The zero-order valence-electron chi connectivity index (χ0n) is 15.4. The summed E-state index contributed by atoms with van der Waals surface area (Å²) in [4.78, 5) is 23.6. The van der Waals surface area contributed by atoms with Gasteiger partial charge in [0.2, 0.25) is 11.9 Å². The Balaban J connectivity index is 1.60. The largest absolute Gasteiger partial charge is 0.497 e. The minimum atomic E-state index is -0.0390. The molecular formula is C19H24N4O3. The molecule has 0 bridgehead atoms. The molecule has 0 aliphatic carbocycles. The van der Waals surface area contributed by atoms with Gasteiger partial charge in [0.05, 0.1) is 19.9 Å². The summed E-state index contributed by atoms with van der Waals surface area (Å²) in [5.74, 6) is 1.98. The van der Waals surface area contributed by atoms with Crippen molar-refractivity contribution in [2.75, 3.05) is 37.5 Å². The third-order valence-electron chi connectivity index (χ3n) is 4.60. The number of nitrogens with one attached hydrogen (secondary N) is 1. The standard InChI is InChI=1S/C19H24N4O3/c1-13-6-9-20-19(21-13)23-10-7-14(8-11-23)18(24)22-16-5-4-15(25-2)12-17(16)26-3/h4-6,9,12,14H,7-8,10-11H2,1-3H3,(H,22,24). The number of nitrogens with zero attached hydrogens (tertiary/aromatic N) is 3. The molecule has 1 aromatic heterocycles. The Hall–Kier alpha value is -2.83. The molecule has 1 saturated heterocycles. The molecule has 0 spiro atoms. The second-order valence-corrected chi connectivity index (χ2v) is 6.31. The zero-order chi connectivity index (χ0) is 18.5. The van der Waals surface area contributed by atoms with Crippen molar-refractivity contribution in [1.82, 2.24) is 9.97 Å². The van der Waals surface area contributed by atoms with E-state index in [0.29, 0.717) is 17.2 Å². The highest BCUT2D eigenvalue weighted by atomic mass is 16.5. The first-order valence-corrected chi connectivity index (χ1v) is 8.68. The first kappa shape index (κ1) is 18.0. The normalized spacial score (nSPS) is 14.8. The topological polar surface area (TPSA) is 76.6 Å². The number of anilines is 2. The van der Waals surface area contributed by atoms with Crippen LogP contribution in [0.15, 0.2) is 30.5 Å². The maximum Gasteiger partial charge on any atom is 0.227 e. The van der Waals surface area contributed by atoms with Crippen molar-refractivity contribution in [1.29, 1.82) is 0 Å². The Labute approximate surface area is 153 Å². The Bertz CT molecular complexity index is 773. The molecule has 1 aliphatic rings. The molecule has 7 heteroatoms. The fourth-order valence-corrected chi connectivity index (χ4v) is 3.07. The summed E-state index contributed by atoms with van der Waals surface area (Å²) < 4.78 is 10.5. The highest BCUT2D eigenvalue weighted by Gasteiger charge is 2.26. The van der Waals surface area contributed by atoms with E-state index in [1.165, 1.54) is 0 Å². The monoisotopic (exact) mass is 356 g/mol. The first-order valence-electron chi connectivity index (χ1n) is 8.68. The number of aryl methyl sites for hydroxylation is 1. The van der Waals surface area contributed by atoms with Crippen molar-refractivity contribution in [3.05, 3.63) is 36.2 Å². The molecule has 1 fully saturated rings. The van der Waals surface area contributed by atoms with Gasteiger partial charge in [-0.2, -0.15) is 0 Å². The predicted molar refractivity (Wildman–Crippen MR) is 99.9 cm³/mol. The summed E-state index contributed by atoms with van der Waals surface area (Å²) in [5.41, 5.74) is 1.60. The van der Waals surface area contributed by atoms with Crippen LogP contribution in [0.2, 0.25) is 0 Å². The van der Waals surface area contributed by atoms with Gasteiger partial charge in [-0.25, -0.2) is 9.97 Å². The third kappa shape index (κ3) is 4.04. The van der Waals surface area contributed by atoms with Gasteiger partial charge < -0.3 is 19.7 Å². The lowest BCUT2D eigenvalue weighted by atomic mass is 9.96. The van der Waals surface area contributed by atoms with Crippen LogP contribution in [0.5, 0.6) is 11.5 Å². The van der Waals surface area contributed by atoms with E-state index in [4.69, 9.17) is 9.47 Å². The van der Waals surface area contributed by atoms with Gasteiger partial charge in [-0.3, -0.25) is 4.79 Å². The number of rotatable bonds is 5. The SMILES string of the molecule is COc1ccc(NC(=O)C2CCN(c3nccc(C)n3)CC2)c(OC)c1. The van der Waals surface area contributed by atoms with E-state index in [1.54, 1.807) is 38.6 Å². The van der Waals surface area contributed by atoms with E-state index in [-0.39, 0.29) is 11.8 Å². The lowest BCUT2D eigenvalue weighted by Gasteiger charge is -2.31. The average Bonchev–Trinajstić information content (AvgIpc) is 2.68. The fourth-order valence-electron chi connectivity index (χ4n) is 3.07. The average molecular weight is 356 g/mol. The maximum absolute atomic E-state index is 12.6. The van der Waals surface area contributed by atoms with Crippen LogP contribution in [0, 0.1) is 12.8 Å². The number of carbonyl (C=O) groups excluding carboxylic acids is 1. The molecule has 138 valence electrons. The number of benzene rings is 1. The van der Waals surface area contributed by atoms with Crippen molar-refractivity contribution in [3.8, 4) is 11.5 Å². The van der Waals surface area contributed by atoms with Crippen molar-refractivity contribution in [2.24, 2.45) is 5.92 Å². The quantitative estimate of drug-likeness (QED) is 0.888. The molecule has 1 aromatic carbocycles. The van der Waals surface area contributed by atoms with Crippen LogP contribution >= 0.6 is 0 Å². The van der Waals surface area contributed by atoms with Crippen LogP contribution < -0.4 is 19.7 Å². The molecule has 2 heterocycles. The van der Waals surface area contributed by atoms with E-state index in [2.05, 4.69) is 20.2 Å². The molecule has 1 N–H and O–H groups in total. The van der Waals surface area contributed by atoms with Gasteiger partial charge in [0.1, 0.15) is 11.5 Å². The van der Waals surface area contributed by atoms with Gasteiger partial charge in [0.25, 0.3) is 0 Å². The number of amides is 1. The molecule has 0 radical (unpaired) electrons. The minimum absolute atomic E-state index is 0.0123. The van der Waals surface area contributed by atoms with Crippen molar-refractivity contribution < 1.29 is 14.3 Å². The van der Waals surface area contributed by atoms with Crippen LogP contribution in [0.3, 0.4) is 0 Å². The van der Waals surface area contributed by atoms with Gasteiger partial charge in [-0.05, 0) is 38.0 Å². The number of hydrogen-bond donors (Lipinski definition) is 1. The summed E-state index contributed by atoms with van der Waals surface area (Å²) >= 11 is 0. The Kier molecular flexibility index (Phi) is 5.55. The van der Waals surface area contributed by atoms with E-state index < -0.39 is 0 Å². The van der Waals surface area contributed by atoms with Gasteiger partial charge in [-0.15, -0.1) is 0 Å². The molecular weight excluding hydrogens is 332 g/mol. The second-order valence-electron chi connectivity index (χ2n) is 6.31. The number of carbonyl (C=O) groups is 1. The summed E-state index contributed by atoms with van der Waals surface area (Å²) in [6, 6.07) is 7.24. The lowest BCUT2D eigenvalue weighted by Crippen LogP contribution is -2.39. The van der Waals surface area contributed by atoms with E-state index in [1.807, 2.05) is 13.0 Å². The van der Waals surface area contributed by atoms with Crippen LogP contribution in [0.1, 0.15) is 18.5 Å². The fraction of sp³-hybridized carbons (Fsp3) is 0.421. The summed E-state index contributed by atoms with van der Waals surface area (Å²) in [6.07, 6.45) is 3.30. The van der Waals surface area contributed by atoms with Crippen LogP contribution in [0.25, 0.3) is 0 Å². The molecule has 0 unspecified atom stereocenters. The first-order chi connectivity index (χ1) is 12.6. The zero-order valence-corrected chi connectivity index (χ0v) is 15.4. The van der Waals surface area contributed by atoms with Crippen LogP contribution in [-0.4, -0.2) is 43.2 Å². The summed E-state index contributed by atoms with van der Waals surface area (Å²) in [5, 5.41) is 2.98. The number of hydrogen-bond acceptors (Lipinski definition) is 6. The van der Waals surface area contributed by atoms with Crippen LogP contribution in [-0.2, 0) is 4.79 Å². The smallest absolute Gasteiger partial charge is 0.227 e. The lowest BCUT2D eigenvalue weighted by molar-refractivity contribution is -0.120. The van der Waals surface area contributed by atoms with Gasteiger partial charge >= 0.3 is 0 Å². The van der Waals surface area contributed by atoms with Gasteiger partial charge in [0, 0.05) is 37.0 Å².